The van der Waals surface area contributed by atoms with Crippen LogP contribution >= 0.6 is 0 Å². The lowest BCUT2D eigenvalue weighted by Crippen LogP contribution is -2.34. The van der Waals surface area contributed by atoms with E-state index in [1.54, 1.807) is 0 Å². The quantitative estimate of drug-likeness (QED) is 0.577. The predicted molar refractivity (Wildman–Crippen MR) is 77.9 cm³/mol. The summed E-state index contributed by atoms with van der Waals surface area (Å²) in [6, 6.07) is 10.2. The van der Waals surface area contributed by atoms with Crippen LogP contribution in [0.2, 0.25) is 0 Å². The second kappa shape index (κ2) is 8.70. The Morgan fingerprint density at radius 3 is 2.47 bits per heavy atom. The van der Waals surface area contributed by atoms with Crippen LogP contribution in [0.25, 0.3) is 0 Å². The molecule has 0 fully saturated rings. The van der Waals surface area contributed by atoms with Gasteiger partial charge in [0.25, 0.3) is 0 Å². The normalized spacial score (nSPS) is 13.8. The molecule has 0 bridgehead atoms. The van der Waals surface area contributed by atoms with Gasteiger partial charge in [0.1, 0.15) is 0 Å². The van der Waals surface area contributed by atoms with E-state index in [1.807, 2.05) is 25.1 Å². The average Bonchev–Trinajstić information content (AvgIpc) is 2.47. The number of carbonyl (C=O) groups excluding carboxylic acids is 1. The van der Waals surface area contributed by atoms with Crippen molar-refractivity contribution in [1.82, 2.24) is 5.32 Å². The number of benzene rings is 1. The Morgan fingerprint density at radius 1 is 1.26 bits per heavy atom. The molecule has 3 heteroatoms. The maximum Gasteiger partial charge on any atom is 0.310 e. The molecule has 0 radical (unpaired) electrons. The van der Waals surface area contributed by atoms with Gasteiger partial charge in [-0.25, -0.2) is 0 Å². The molecule has 1 aromatic carbocycles. The van der Waals surface area contributed by atoms with Crippen molar-refractivity contribution in [2.45, 2.75) is 39.2 Å². The van der Waals surface area contributed by atoms with Crippen LogP contribution in [0.15, 0.2) is 30.3 Å². The largest absolute Gasteiger partial charge is 0.469 e. The molecule has 0 aliphatic carbocycles. The monoisotopic (exact) mass is 263 g/mol. The van der Waals surface area contributed by atoms with Gasteiger partial charge in [-0.05, 0) is 24.9 Å². The molecule has 0 saturated heterocycles. The smallest absolute Gasteiger partial charge is 0.310 e. The van der Waals surface area contributed by atoms with Gasteiger partial charge in [-0.2, -0.15) is 0 Å². The zero-order chi connectivity index (χ0) is 14.1. The Kier molecular flexibility index (Phi) is 7.19. The third kappa shape index (κ3) is 4.67. The number of hydrogen-bond acceptors (Lipinski definition) is 3. The van der Waals surface area contributed by atoms with Crippen LogP contribution in [0.4, 0.5) is 0 Å². The number of methoxy groups -OCH3 is 1. The Bertz CT molecular complexity index is 364. The first-order valence-electron chi connectivity index (χ1n) is 7.10. The lowest BCUT2D eigenvalue weighted by atomic mass is 9.90. The zero-order valence-corrected chi connectivity index (χ0v) is 12.2. The van der Waals surface area contributed by atoms with Crippen LogP contribution in [0.5, 0.6) is 0 Å². The predicted octanol–water partition coefficient (Wildman–Crippen LogP) is 3.32. The molecule has 0 unspecified atom stereocenters. The first-order valence-corrected chi connectivity index (χ1v) is 7.10. The summed E-state index contributed by atoms with van der Waals surface area (Å²) in [5, 5.41) is 3.50. The van der Waals surface area contributed by atoms with Gasteiger partial charge >= 0.3 is 5.97 Å². The molecule has 106 valence electrons. The van der Waals surface area contributed by atoms with Gasteiger partial charge in [0.2, 0.25) is 0 Å². The maximum atomic E-state index is 11.9. The van der Waals surface area contributed by atoms with Crippen molar-refractivity contribution in [3.63, 3.8) is 0 Å². The molecule has 0 heterocycles. The number of ether oxygens (including phenoxy) is 1. The molecule has 0 aliphatic heterocycles. The maximum absolute atomic E-state index is 11.9. The van der Waals surface area contributed by atoms with Crippen LogP contribution in [-0.2, 0) is 9.53 Å². The molecular weight excluding hydrogens is 238 g/mol. The third-order valence-electron chi connectivity index (χ3n) is 3.40. The van der Waals surface area contributed by atoms with Crippen LogP contribution in [-0.4, -0.2) is 19.6 Å². The summed E-state index contributed by atoms with van der Waals surface area (Å²) in [7, 11) is 1.46. The highest BCUT2D eigenvalue weighted by Crippen LogP contribution is 2.25. The summed E-state index contributed by atoms with van der Waals surface area (Å²) in [6.45, 7) is 5.11. The fraction of sp³-hybridized carbons (Fsp3) is 0.562. The number of rotatable bonds is 8. The minimum Gasteiger partial charge on any atom is -0.469 e. The summed E-state index contributed by atoms with van der Waals surface area (Å²) in [5.74, 6) is -0.274. The van der Waals surface area contributed by atoms with Crippen LogP contribution < -0.4 is 5.32 Å². The fourth-order valence-electron chi connectivity index (χ4n) is 2.28. The van der Waals surface area contributed by atoms with E-state index in [0.717, 1.165) is 31.4 Å². The second-order valence-corrected chi connectivity index (χ2v) is 4.73. The van der Waals surface area contributed by atoms with Crippen molar-refractivity contribution >= 4 is 5.97 Å². The molecule has 1 rings (SSSR count). The van der Waals surface area contributed by atoms with Crippen molar-refractivity contribution in [3.05, 3.63) is 35.9 Å². The summed E-state index contributed by atoms with van der Waals surface area (Å²) < 4.78 is 4.93. The molecule has 1 N–H and O–H groups in total. The van der Waals surface area contributed by atoms with Gasteiger partial charge in [0, 0.05) is 6.04 Å². The summed E-state index contributed by atoms with van der Waals surface area (Å²) in [6.07, 6.45) is 3.02. The highest BCUT2D eigenvalue weighted by Gasteiger charge is 2.28. The molecule has 0 aromatic heterocycles. The topological polar surface area (TPSA) is 38.3 Å². The van der Waals surface area contributed by atoms with Crippen LogP contribution in [0, 0.1) is 5.92 Å². The highest BCUT2D eigenvalue weighted by atomic mass is 16.5. The Morgan fingerprint density at radius 2 is 1.95 bits per heavy atom. The van der Waals surface area contributed by atoms with E-state index < -0.39 is 0 Å². The standard InChI is InChI=1S/C16H25NO2/c1-4-6-12-17-15(13-10-8-7-9-11-13)14(5-2)16(18)19-3/h7-11,14-15,17H,4-6,12H2,1-3H3/t14-,15+/m0/s1. The summed E-state index contributed by atoms with van der Waals surface area (Å²) in [5.41, 5.74) is 1.15. The van der Waals surface area contributed by atoms with Gasteiger partial charge in [-0.3, -0.25) is 4.79 Å². The third-order valence-corrected chi connectivity index (χ3v) is 3.40. The van der Waals surface area contributed by atoms with Crippen molar-refractivity contribution in [2.75, 3.05) is 13.7 Å². The Balaban J connectivity index is 2.87. The zero-order valence-electron chi connectivity index (χ0n) is 12.2. The van der Waals surface area contributed by atoms with E-state index in [1.165, 1.54) is 7.11 Å². The average molecular weight is 263 g/mol. The van der Waals surface area contributed by atoms with Crippen molar-refractivity contribution in [1.29, 1.82) is 0 Å². The Hall–Kier alpha value is -1.35. The molecule has 0 saturated carbocycles. The van der Waals surface area contributed by atoms with E-state index in [-0.39, 0.29) is 17.9 Å². The van der Waals surface area contributed by atoms with Crippen molar-refractivity contribution < 1.29 is 9.53 Å². The number of carbonyl (C=O) groups is 1. The van der Waals surface area contributed by atoms with Crippen molar-refractivity contribution in [3.8, 4) is 0 Å². The number of esters is 1. The highest BCUT2D eigenvalue weighted by molar-refractivity contribution is 5.73. The number of hydrogen-bond donors (Lipinski definition) is 1. The van der Waals surface area contributed by atoms with E-state index in [2.05, 4.69) is 24.4 Å². The first kappa shape index (κ1) is 15.7. The lowest BCUT2D eigenvalue weighted by Gasteiger charge is -2.26. The molecule has 0 spiro atoms. The summed E-state index contributed by atoms with van der Waals surface area (Å²) in [4.78, 5) is 11.9. The Labute approximate surface area is 116 Å². The molecular formula is C16H25NO2. The number of nitrogens with one attached hydrogen (secondary N) is 1. The van der Waals surface area contributed by atoms with Gasteiger partial charge < -0.3 is 10.1 Å². The molecule has 2 atom stereocenters. The van der Waals surface area contributed by atoms with E-state index in [0.29, 0.717) is 0 Å². The molecule has 19 heavy (non-hydrogen) atoms. The molecule has 0 aliphatic rings. The first-order chi connectivity index (χ1) is 9.24. The molecule has 0 amide bonds. The second-order valence-electron chi connectivity index (χ2n) is 4.73. The van der Waals surface area contributed by atoms with E-state index in [4.69, 9.17) is 4.74 Å². The van der Waals surface area contributed by atoms with E-state index in [9.17, 15) is 4.79 Å². The lowest BCUT2D eigenvalue weighted by molar-refractivity contribution is -0.146. The number of unbranched alkanes of at least 4 members (excludes halogenated alkanes) is 1. The summed E-state index contributed by atoms with van der Waals surface area (Å²) >= 11 is 0. The van der Waals surface area contributed by atoms with Crippen LogP contribution in [0.1, 0.15) is 44.7 Å². The van der Waals surface area contributed by atoms with Gasteiger partial charge in [-0.15, -0.1) is 0 Å². The van der Waals surface area contributed by atoms with Crippen molar-refractivity contribution in [2.24, 2.45) is 5.92 Å². The molecule has 3 nitrogen and oxygen atoms in total. The minimum atomic E-state index is -0.139. The van der Waals surface area contributed by atoms with Gasteiger partial charge in [0.15, 0.2) is 0 Å². The molecule has 1 aromatic rings. The fourth-order valence-corrected chi connectivity index (χ4v) is 2.28. The SMILES string of the molecule is CCCCN[C@H](c1ccccc1)[C@H](CC)C(=O)OC. The van der Waals surface area contributed by atoms with Gasteiger partial charge in [0.05, 0.1) is 13.0 Å². The van der Waals surface area contributed by atoms with Gasteiger partial charge in [-0.1, -0.05) is 50.6 Å². The van der Waals surface area contributed by atoms with Crippen LogP contribution in [0.3, 0.4) is 0 Å². The minimum absolute atomic E-state index is 0.0326. The van der Waals surface area contributed by atoms with E-state index >= 15 is 0 Å².